The Bertz CT molecular complexity index is 622. The molecule has 0 aromatic heterocycles. The van der Waals surface area contributed by atoms with E-state index in [-0.39, 0.29) is 23.8 Å². The Labute approximate surface area is 128 Å². The van der Waals surface area contributed by atoms with E-state index in [2.05, 4.69) is 10.6 Å². The summed E-state index contributed by atoms with van der Waals surface area (Å²) < 4.78 is 4.71. The molecule has 0 fully saturated rings. The van der Waals surface area contributed by atoms with Crippen LogP contribution in [0.2, 0.25) is 0 Å². The molecule has 0 radical (unpaired) electrons. The van der Waals surface area contributed by atoms with Crippen LogP contribution in [0.4, 0.5) is 0 Å². The number of carbonyl (C=O) groups excluding carboxylic acids is 3. The standard InChI is InChI=1S/C16H18N2O4/c1-10-14(16(21)22-2)12(8-13(19)18-10)15(20)17-9-11-6-4-3-5-7-11/h3-7,12H,8-9H2,1-2H3,(H,17,20)(H,18,19). The van der Waals surface area contributed by atoms with Crippen molar-refractivity contribution in [3.8, 4) is 0 Å². The highest BCUT2D eigenvalue weighted by molar-refractivity contribution is 6.02. The van der Waals surface area contributed by atoms with E-state index in [1.807, 2.05) is 30.3 Å². The van der Waals surface area contributed by atoms with Crippen molar-refractivity contribution < 1.29 is 19.1 Å². The fourth-order valence-corrected chi connectivity index (χ4v) is 2.41. The Morgan fingerprint density at radius 2 is 2.00 bits per heavy atom. The van der Waals surface area contributed by atoms with Crippen molar-refractivity contribution in [3.63, 3.8) is 0 Å². The van der Waals surface area contributed by atoms with Gasteiger partial charge in [0.1, 0.15) is 0 Å². The third kappa shape index (κ3) is 3.52. The van der Waals surface area contributed by atoms with Crippen LogP contribution in [0.3, 0.4) is 0 Å². The van der Waals surface area contributed by atoms with Gasteiger partial charge >= 0.3 is 5.97 Å². The molecule has 1 aliphatic rings. The topological polar surface area (TPSA) is 84.5 Å². The van der Waals surface area contributed by atoms with Crippen LogP contribution in [0, 0.1) is 5.92 Å². The zero-order chi connectivity index (χ0) is 16.1. The Hall–Kier alpha value is -2.63. The second-order valence-electron chi connectivity index (χ2n) is 5.04. The van der Waals surface area contributed by atoms with E-state index in [9.17, 15) is 14.4 Å². The van der Waals surface area contributed by atoms with E-state index in [4.69, 9.17) is 4.74 Å². The smallest absolute Gasteiger partial charge is 0.336 e. The molecular formula is C16H18N2O4. The number of carbonyl (C=O) groups is 3. The first-order valence-electron chi connectivity index (χ1n) is 6.93. The molecule has 0 saturated carbocycles. The minimum Gasteiger partial charge on any atom is -0.466 e. The number of hydrogen-bond acceptors (Lipinski definition) is 4. The second kappa shape index (κ2) is 6.89. The molecule has 1 aromatic rings. The van der Waals surface area contributed by atoms with E-state index in [1.165, 1.54) is 7.11 Å². The van der Waals surface area contributed by atoms with Crippen LogP contribution in [-0.4, -0.2) is 24.9 Å². The molecule has 0 saturated heterocycles. The number of amides is 2. The molecule has 0 spiro atoms. The minimum absolute atomic E-state index is 0.0671. The Balaban J connectivity index is 2.13. The number of rotatable bonds is 4. The number of allylic oxidation sites excluding steroid dienone is 1. The van der Waals surface area contributed by atoms with Gasteiger partial charge in [0.15, 0.2) is 0 Å². The van der Waals surface area contributed by atoms with E-state index < -0.39 is 11.9 Å². The van der Waals surface area contributed by atoms with E-state index in [0.717, 1.165) is 5.56 Å². The molecule has 1 aromatic carbocycles. The van der Waals surface area contributed by atoms with Crippen LogP contribution in [0.1, 0.15) is 18.9 Å². The second-order valence-corrected chi connectivity index (χ2v) is 5.04. The average Bonchev–Trinajstić information content (AvgIpc) is 2.52. The van der Waals surface area contributed by atoms with E-state index in [1.54, 1.807) is 6.92 Å². The maximum Gasteiger partial charge on any atom is 0.336 e. The Morgan fingerprint density at radius 3 is 2.64 bits per heavy atom. The average molecular weight is 302 g/mol. The SMILES string of the molecule is COC(=O)C1=C(C)NC(=O)CC1C(=O)NCc1ccccc1. The molecular weight excluding hydrogens is 284 g/mol. The van der Waals surface area contributed by atoms with Crippen molar-refractivity contribution in [3.05, 3.63) is 47.2 Å². The van der Waals surface area contributed by atoms with Gasteiger partial charge in [0.25, 0.3) is 0 Å². The minimum atomic E-state index is -0.829. The summed E-state index contributed by atoms with van der Waals surface area (Å²) in [6, 6.07) is 9.41. The molecule has 1 unspecified atom stereocenters. The number of methoxy groups -OCH3 is 1. The van der Waals surface area contributed by atoms with Crippen LogP contribution < -0.4 is 10.6 Å². The molecule has 0 aliphatic carbocycles. The van der Waals surface area contributed by atoms with Crippen molar-refractivity contribution >= 4 is 17.8 Å². The lowest BCUT2D eigenvalue weighted by Crippen LogP contribution is -2.42. The highest BCUT2D eigenvalue weighted by Crippen LogP contribution is 2.24. The molecule has 1 atom stereocenters. The molecule has 1 heterocycles. The number of ether oxygens (including phenoxy) is 1. The monoisotopic (exact) mass is 302 g/mol. The summed E-state index contributed by atoms with van der Waals surface area (Å²) in [4.78, 5) is 35.9. The molecule has 2 N–H and O–H groups in total. The predicted octanol–water partition coefficient (Wildman–Crippen LogP) is 0.886. The van der Waals surface area contributed by atoms with Gasteiger partial charge in [0.05, 0.1) is 18.6 Å². The summed E-state index contributed by atoms with van der Waals surface area (Å²) >= 11 is 0. The molecule has 1 aliphatic heterocycles. The van der Waals surface area contributed by atoms with E-state index >= 15 is 0 Å². The number of nitrogens with one attached hydrogen (secondary N) is 2. The van der Waals surface area contributed by atoms with Gasteiger partial charge in [-0.1, -0.05) is 30.3 Å². The Kier molecular flexibility index (Phi) is 4.93. The summed E-state index contributed by atoms with van der Waals surface area (Å²) in [7, 11) is 1.25. The fraction of sp³-hybridized carbons (Fsp3) is 0.312. The molecule has 2 amide bonds. The Morgan fingerprint density at radius 1 is 1.32 bits per heavy atom. The van der Waals surface area contributed by atoms with Gasteiger partial charge in [-0.25, -0.2) is 4.79 Å². The predicted molar refractivity (Wildman–Crippen MR) is 79.3 cm³/mol. The van der Waals surface area contributed by atoms with Gasteiger partial charge < -0.3 is 15.4 Å². The van der Waals surface area contributed by atoms with Gasteiger partial charge in [0, 0.05) is 18.7 Å². The quantitative estimate of drug-likeness (QED) is 0.809. The lowest BCUT2D eigenvalue weighted by molar-refractivity contribution is -0.139. The highest BCUT2D eigenvalue weighted by Gasteiger charge is 2.35. The summed E-state index contributed by atoms with van der Waals surface area (Å²) in [5, 5.41) is 5.32. The van der Waals surface area contributed by atoms with Crippen molar-refractivity contribution in [1.29, 1.82) is 0 Å². The van der Waals surface area contributed by atoms with Crippen molar-refractivity contribution in [1.82, 2.24) is 10.6 Å². The fourth-order valence-electron chi connectivity index (χ4n) is 2.41. The summed E-state index contributed by atoms with van der Waals surface area (Å²) in [6.07, 6.45) is -0.0671. The number of hydrogen-bond donors (Lipinski definition) is 2. The lowest BCUT2D eigenvalue weighted by Gasteiger charge is -2.25. The first-order chi connectivity index (χ1) is 10.5. The molecule has 22 heavy (non-hydrogen) atoms. The van der Waals surface area contributed by atoms with Crippen LogP contribution in [0.25, 0.3) is 0 Å². The number of esters is 1. The van der Waals surface area contributed by atoms with Gasteiger partial charge in [-0.3, -0.25) is 9.59 Å². The van der Waals surface area contributed by atoms with Crippen LogP contribution >= 0.6 is 0 Å². The normalized spacial score (nSPS) is 17.7. The first kappa shape index (κ1) is 15.8. The number of benzene rings is 1. The van der Waals surface area contributed by atoms with Gasteiger partial charge in [-0.05, 0) is 12.5 Å². The molecule has 6 heteroatoms. The zero-order valence-electron chi connectivity index (χ0n) is 12.5. The van der Waals surface area contributed by atoms with Crippen LogP contribution in [-0.2, 0) is 25.7 Å². The van der Waals surface area contributed by atoms with E-state index in [0.29, 0.717) is 12.2 Å². The summed E-state index contributed by atoms with van der Waals surface area (Å²) in [6.45, 7) is 1.92. The van der Waals surface area contributed by atoms with Crippen LogP contribution in [0.15, 0.2) is 41.6 Å². The molecule has 0 bridgehead atoms. The third-order valence-corrected chi connectivity index (χ3v) is 3.50. The maximum absolute atomic E-state index is 12.4. The van der Waals surface area contributed by atoms with Crippen molar-refractivity contribution in [2.45, 2.75) is 19.9 Å². The van der Waals surface area contributed by atoms with Gasteiger partial charge in [-0.15, -0.1) is 0 Å². The van der Waals surface area contributed by atoms with Gasteiger partial charge in [-0.2, -0.15) is 0 Å². The third-order valence-electron chi connectivity index (χ3n) is 3.50. The summed E-state index contributed by atoms with van der Waals surface area (Å²) in [5.41, 5.74) is 1.51. The molecule has 6 nitrogen and oxygen atoms in total. The molecule has 2 rings (SSSR count). The van der Waals surface area contributed by atoms with Crippen LogP contribution in [0.5, 0.6) is 0 Å². The summed E-state index contributed by atoms with van der Waals surface area (Å²) in [5.74, 6) is -2.08. The zero-order valence-corrected chi connectivity index (χ0v) is 12.5. The first-order valence-corrected chi connectivity index (χ1v) is 6.93. The maximum atomic E-state index is 12.4. The highest BCUT2D eigenvalue weighted by atomic mass is 16.5. The largest absolute Gasteiger partial charge is 0.466 e. The lowest BCUT2D eigenvalue weighted by atomic mass is 9.89. The van der Waals surface area contributed by atoms with Gasteiger partial charge in [0.2, 0.25) is 11.8 Å². The molecule has 116 valence electrons. The van der Waals surface area contributed by atoms with Crippen molar-refractivity contribution in [2.24, 2.45) is 5.92 Å². The van der Waals surface area contributed by atoms with Crippen molar-refractivity contribution in [2.75, 3.05) is 7.11 Å².